The zero-order valence-electron chi connectivity index (χ0n) is 10.4. The van der Waals surface area contributed by atoms with E-state index >= 15 is 0 Å². The number of hydrogen-bond acceptors (Lipinski definition) is 2. The van der Waals surface area contributed by atoms with Crippen molar-refractivity contribution in [3.05, 3.63) is 24.8 Å². The van der Waals surface area contributed by atoms with Crippen molar-refractivity contribution in [2.24, 2.45) is 0 Å². The van der Waals surface area contributed by atoms with Crippen LogP contribution in [0, 0.1) is 0 Å². The molecule has 3 heteroatoms. The Kier molecular flexibility index (Phi) is 6.42. The minimum atomic E-state index is -0.629. The van der Waals surface area contributed by atoms with Gasteiger partial charge in [0.1, 0.15) is 5.60 Å². The van der Waals surface area contributed by atoms with Crippen molar-refractivity contribution in [1.29, 1.82) is 0 Å². The van der Waals surface area contributed by atoms with Crippen LogP contribution in [0.5, 0.6) is 0 Å². The molecular formula is C13H21ClO2. The van der Waals surface area contributed by atoms with E-state index in [-0.39, 0.29) is 11.3 Å². The molecule has 0 heterocycles. The fraction of sp³-hybridized carbons (Fsp3) is 0.615. The highest BCUT2D eigenvalue weighted by molar-refractivity contribution is 6.22. The van der Waals surface area contributed by atoms with Crippen molar-refractivity contribution < 1.29 is 9.53 Å². The molecule has 0 radical (unpaired) electrons. The number of alkyl halides is 1. The normalized spacial score (nSPS) is 16.0. The first-order valence-corrected chi connectivity index (χ1v) is 5.93. The zero-order chi connectivity index (χ0) is 12.8. The van der Waals surface area contributed by atoms with Gasteiger partial charge in [0, 0.05) is 6.42 Å². The van der Waals surface area contributed by atoms with Crippen LogP contribution in [0.25, 0.3) is 0 Å². The van der Waals surface area contributed by atoms with E-state index in [1.165, 1.54) is 0 Å². The SMILES string of the molecule is C=CC(C)(CCC(Cl)C(=C)C)OC(=O)CC. The predicted octanol–water partition coefficient (Wildman–Crippen LogP) is 3.85. The Bertz CT molecular complexity index is 273. The van der Waals surface area contributed by atoms with Crippen LogP contribution in [-0.4, -0.2) is 16.9 Å². The summed E-state index contributed by atoms with van der Waals surface area (Å²) >= 11 is 6.07. The van der Waals surface area contributed by atoms with Gasteiger partial charge in [-0.2, -0.15) is 0 Å². The topological polar surface area (TPSA) is 26.3 Å². The Morgan fingerprint density at radius 1 is 1.62 bits per heavy atom. The lowest BCUT2D eigenvalue weighted by atomic mass is 9.97. The highest BCUT2D eigenvalue weighted by Gasteiger charge is 2.25. The third kappa shape index (κ3) is 5.36. The summed E-state index contributed by atoms with van der Waals surface area (Å²) in [6.45, 7) is 13.0. The summed E-state index contributed by atoms with van der Waals surface area (Å²) in [6.07, 6.45) is 3.40. The van der Waals surface area contributed by atoms with Crippen molar-refractivity contribution in [3.8, 4) is 0 Å². The maximum absolute atomic E-state index is 11.2. The number of allylic oxidation sites excluding steroid dienone is 1. The van der Waals surface area contributed by atoms with Crippen LogP contribution in [-0.2, 0) is 9.53 Å². The van der Waals surface area contributed by atoms with E-state index in [9.17, 15) is 4.79 Å². The van der Waals surface area contributed by atoms with Crippen LogP contribution in [0.1, 0.15) is 40.0 Å². The molecular weight excluding hydrogens is 224 g/mol. The van der Waals surface area contributed by atoms with Gasteiger partial charge in [0.05, 0.1) is 5.38 Å². The minimum Gasteiger partial charge on any atom is -0.455 e. The number of esters is 1. The number of hydrogen-bond donors (Lipinski definition) is 0. The number of carbonyl (C=O) groups excluding carboxylic acids is 1. The molecule has 0 saturated carbocycles. The smallest absolute Gasteiger partial charge is 0.306 e. The summed E-state index contributed by atoms with van der Waals surface area (Å²) in [4.78, 5) is 11.2. The molecule has 0 N–H and O–H groups in total. The molecule has 0 saturated heterocycles. The van der Waals surface area contributed by atoms with Gasteiger partial charge >= 0.3 is 5.97 Å². The second kappa shape index (κ2) is 6.74. The van der Waals surface area contributed by atoms with Crippen LogP contribution in [0.2, 0.25) is 0 Å². The van der Waals surface area contributed by atoms with Crippen molar-refractivity contribution >= 4 is 17.6 Å². The predicted molar refractivity (Wildman–Crippen MR) is 68.7 cm³/mol. The lowest BCUT2D eigenvalue weighted by Crippen LogP contribution is -2.30. The van der Waals surface area contributed by atoms with Gasteiger partial charge in [-0.05, 0) is 32.8 Å². The van der Waals surface area contributed by atoms with E-state index in [1.807, 2.05) is 13.8 Å². The van der Waals surface area contributed by atoms with Crippen molar-refractivity contribution in [3.63, 3.8) is 0 Å². The molecule has 0 aliphatic carbocycles. The molecule has 92 valence electrons. The second-order valence-corrected chi connectivity index (χ2v) is 4.72. The molecule has 0 aromatic carbocycles. The molecule has 0 aromatic heterocycles. The summed E-state index contributed by atoms with van der Waals surface area (Å²) in [6, 6.07) is 0. The van der Waals surface area contributed by atoms with E-state index in [0.29, 0.717) is 12.8 Å². The maximum atomic E-state index is 11.2. The first-order chi connectivity index (χ1) is 7.34. The van der Waals surface area contributed by atoms with Crippen LogP contribution >= 0.6 is 11.6 Å². The molecule has 0 bridgehead atoms. The number of halogens is 1. The van der Waals surface area contributed by atoms with Gasteiger partial charge in [0.15, 0.2) is 0 Å². The molecule has 2 nitrogen and oxygen atoms in total. The van der Waals surface area contributed by atoms with Gasteiger partial charge in [0.25, 0.3) is 0 Å². The van der Waals surface area contributed by atoms with E-state index in [4.69, 9.17) is 16.3 Å². The standard InChI is InChI=1S/C13H21ClO2/c1-6-12(15)16-13(5,7-2)9-8-11(14)10(3)4/h7,11H,2-3,6,8-9H2,1,4-5H3. The van der Waals surface area contributed by atoms with Gasteiger partial charge in [-0.15, -0.1) is 11.6 Å². The molecule has 0 amide bonds. The molecule has 0 spiro atoms. The van der Waals surface area contributed by atoms with Gasteiger partial charge in [-0.25, -0.2) is 0 Å². The first-order valence-electron chi connectivity index (χ1n) is 5.49. The minimum absolute atomic E-state index is 0.0837. The van der Waals surface area contributed by atoms with Gasteiger partial charge in [-0.3, -0.25) is 4.79 Å². The summed E-state index contributed by atoms with van der Waals surface area (Å²) in [5.41, 5.74) is 0.297. The van der Waals surface area contributed by atoms with E-state index in [1.54, 1.807) is 13.0 Å². The molecule has 0 fully saturated rings. The fourth-order valence-corrected chi connectivity index (χ4v) is 1.30. The molecule has 2 unspecified atom stereocenters. The average molecular weight is 245 g/mol. The van der Waals surface area contributed by atoms with Gasteiger partial charge < -0.3 is 4.74 Å². The summed E-state index contributed by atoms with van der Waals surface area (Å²) < 4.78 is 5.32. The lowest BCUT2D eigenvalue weighted by molar-refractivity contribution is -0.153. The summed E-state index contributed by atoms with van der Waals surface area (Å²) in [7, 11) is 0. The Hall–Kier alpha value is -0.760. The number of carbonyl (C=O) groups is 1. The highest BCUT2D eigenvalue weighted by Crippen LogP contribution is 2.24. The summed E-state index contributed by atoms with van der Waals surface area (Å²) in [5.74, 6) is -0.219. The molecule has 16 heavy (non-hydrogen) atoms. The van der Waals surface area contributed by atoms with Crippen molar-refractivity contribution in [2.45, 2.75) is 51.0 Å². The Morgan fingerprint density at radius 3 is 2.56 bits per heavy atom. The van der Waals surface area contributed by atoms with Crippen LogP contribution in [0.15, 0.2) is 24.8 Å². The monoisotopic (exact) mass is 244 g/mol. The number of rotatable bonds is 7. The van der Waals surface area contributed by atoms with E-state index in [0.717, 1.165) is 12.0 Å². The molecule has 2 atom stereocenters. The average Bonchev–Trinajstić information content (AvgIpc) is 2.25. The van der Waals surface area contributed by atoms with Crippen molar-refractivity contribution in [1.82, 2.24) is 0 Å². The van der Waals surface area contributed by atoms with Crippen LogP contribution in [0.3, 0.4) is 0 Å². The second-order valence-electron chi connectivity index (χ2n) is 4.20. The quantitative estimate of drug-likeness (QED) is 0.386. The molecule has 0 aromatic rings. The van der Waals surface area contributed by atoms with Gasteiger partial charge in [-0.1, -0.05) is 25.7 Å². The van der Waals surface area contributed by atoms with Gasteiger partial charge in [0.2, 0.25) is 0 Å². The fourth-order valence-electron chi connectivity index (χ4n) is 1.19. The largest absolute Gasteiger partial charge is 0.455 e. The molecule has 0 aliphatic rings. The van der Waals surface area contributed by atoms with E-state index in [2.05, 4.69) is 13.2 Å². The first kappa shape index (κ1) is 15.2. The maximum Gasteiger partial charge on any atom is 0.306 e. The highest BCUT2D eigenvalue weighted by atomic mass is 35.5. The Labute approximate surface area is 103 Å². The molecule has 0 aliphatic heterocycles. The third-order valence-electron chi connectivity index (χ3n) is 2.50. The van der Waals surface area contributed by atoms with Crippen molar-refractivity contribution in [2.75, 3.05) is 0 Å². The van der Waals surface area contributed by atoms with Crippen LogP contribution < -0.4 is 0 Å². The summed E-state index contributed by atoms with van der Waals surface area (Å²) in [5, 5.41) is -0.0837. The lowest BCUT2D eigenvalue weighted by Gasteiger charge is -2.27. The Morgan fingerprint density at radius 2 is 2.19 bits per heavy atom. The van der Waals surface area contributed by atoms with E-state index < -0.39 is 5.60 Å². The Balaban J connectivity index is 4.32. The zero-order valence-corrected chi connectivity index (χ0v) is 11.1. The third-order valence-corrected chi connectivity index (χ3v) is 3.09. The molecule has 0 rings (SSSR count). The number of ether oxygens (including phenoxy) is 1. The van der Waals surface area contributed by atoms with Crippen LogP contribution in [0.4, 0.5) is 0 Å².